The maximum Gasteiger partial charge on any atom is 0.257 e. The fourth-order valence-corrected chi connectivity index (χ4v) is 3.05. The number of aromatic nitrogens is 2. The van der Waals surface area contributed by atoms with Gasteiger partial charge in [0.1, 0.15) is 0 Å². The zero-order valence-electron chi connectivity index (χ0n) is 14.6. The van der Waals surface area contributed by atoms with Crippen molar-refractivity contribution in [1.29, 1.82) is 0 Å². The summed E-state index contributed by atoms with van der Waals surface area (Å²) in [6, 6.07) is 16.9. The molecule has 2 heterocycles. The van der Waals surface area contributed by atoms with Gasteiger partial charge in [-0.2, -0.15) is 5.10 Å². The quantitative estimate of drug-likeness (QED) is 0.378. The number of rotatable bonds is 5. The number of H-pyrrole nitrogens is 1. The van der Waals surface area contributed by atoms with Crippen LogP contribution in [-0.2, 0) is 11.2 Å². The second-order valence-corrected chi connectivity index (χ2v) is 6.36. The van der Waals surface area contributed by atoms with Crippen LogP contribution in [-0.4, -0.2) is 28.1 Å². The van der Waals surface area contributed by atoms with Crippen LogP contribution in [0.5, 0.6) is 0 Å². The topological polar surface area (TPSA) is 96.2 Å². The van der Waals surface area contributed by atoms with Crippen LogP contribution < -0.4 is 11.2 Å². The number of nitrogens with one attached hydrogen (secondary N) is 2. The Labute approximate surface area is 156 Å². The van der Waals surface area contributed by atoms with Gasteiger partial charge in [-0.15, -0.1) is 0 Å². The van der Waals surface area contributed by atoms with E-state index in [9.17, 15) is 4.79 Å². The van der Waals surface area contributed by atoms with Crippen LogP contribution in [0.15, 0.2) is 72.1 Å². The van der Waals surface area contributed by atoms with E-state index in [1.165, 1.54) is 0 Å². The molecule has 2 aromatic heterocycles. The number of amides is 1. The number of carbonyl (C=O) groups is 1. The Morgan fingerprint density at radius 1 is 1.22 bits per heavy atom. The predicted molar refractivity (Wildman–Crippen MR) is 107 cm³/mol. The minimum Gasteiger partial charge on any atom is -0.361 e. The molecule has 0 aliphatic rings. The average Bonchev–Trinajstić information content (AvgIpc) is 3.11. The van der Waals surface area contributed by atoms with Crippen molar-refractivity contribution in [2.24, 2.45) is 10.8 Å². The van der Waals surface area contributed by atoms with E-state index in [0.717, 1.165) is 32.9 Å². The van der Waals surface area contributed by atoms with Crippen LogP contribution in [0.1, 0.15) is 11.1 Å². The molecule has 4 rings (SSSR count). The van der Waals surface area contributed by atoms with Crippen LogP contribution in [0, 0.1) is 0 Å². The van der Waals surface area contributed by atoms with Crippen molar-refractivity contribution >= 4 is 33.9 Å². The number of pyridine rings is 1. The predicted octanol–water partition coefficient (Wildman–Crippen LogP) is 2.74. The highest BCUT2D eigenvalue weighted by Crippen LogP contribution is 2.18. The fraction of sp³-hybridized carbons (Fsp3) is 0.0952. The van der Waals surface area contributed by atoms with Gasteiger partial charge in [-0.25, -0.2) is 5.43 Å². The summed E-state index contributed by atoms with van der Waals surface area (Å²) in [4.78, 5) is 19.7. The molecule has 4 aromatic rings. The molecule has 1 amide bonds. The molecule has 0 spiro atoms. The normalized spacial score (nSPS) is 12.6. The maximum atomic E-state index is 12.2. The highest BCUT2D eigenvalue weighted by atomic mass is 16.2. The minimum atomic E-state index is -0.681. The first-order valence-corrected chi connectivity index (χ1v) is 8.69. The number of para-hydroxylation sites is 1. The van der Waals surface area contributed by atoms with E-state index in [1.807, 2.05) is 60.8 Å². The summed E-state index contributed by atoms with van der Waals surface area (Å²) in [5, 5.41) is 6.15. The van der Waals surface area contributed by atoms with Gasteiger partial charge in [0.2, 0.25) is 0 Å². The number of carbonyl (C=O) groups excluding carboxylic acids is 1. The molecule has 0 saturated heterocycles. The molecule has 6 heteroatoms. The summed E-state index contributed by atoms with van der Waals surface area (Å²) in [7, 11) is 0. The molecule has 134 valence electrons. The molecule has 0 saturated carbocycles. The van der Waals surface area contributed by atoms with Crippen LogP contribution in [0.3, 0.4) is 0 Å². The Bertz CT molecular complexity index is 1130. The van der Waals surface area contributed by atoms with Crippen LogP contribution >= 0.6 is 0 Å². The summed E-state index contributed by atoms with van der Waals surface area (Å²) < 4.78 is 0. The van der Waals surface area contributed by atoms with E-state index in [-0.39, 0.29) is 5.91 Å². The molecule has 0 radical (unpaired) electrons. The molecule has 0 unspecified atom stereocenters. The molecule has 2 aromatic carbocycles. The first-order valence-electron chi connectivity index (χ1n) is 8.69. The standard InChI is InChI=1S/C21H19N5O/c22-18(11-16-13-24-19-6-2-1-5-17(16)19)21(27)26-25-12-14-7-8-15-4-3-9-23-20(15)10-14/h1-10,12-13,18,24H,11,22H2,(H,26,27)/b25-12+/t18-/m1/s1. The van der Waals surface area contributed by atoms with Crippen LogP contribution in [0.2, 0.25) is 0 Å². The van der Waals surface area contributed by atoms with Gasteiger partial charge in [-0.1, -0.05) is 36.4 Å². The van der Waals surface area contributed by atoms with Crippen molar-refractivity contribution in [2.45, 2.75) is 12.5 Å². The molecule has 0 bridgehead atoms. The number of hydrogen-bond acceptors (Lipinski definition) is 4. The van der Waals surface area contributed by atoms with Crippen LogP contribution in [0.25, 0.3) is 21.8 Å². The molecule has 27 heavy (non-hydrogen) atoms. The van der Waals surface area contributed by atoms with Gasteiger partial charge in [0.25, 0.3) is 5.91 Å². The summed E-state index contributed by atoms with van der Waals surface area (Å²) in [5.41, 5.74) is 12.3. The van der Waals surface area contributed by atoms with Gasteiger partial charge < -0.3 is 10.7 Å². The van der Waals surface area contributed by atoms with Crippen molar-refractivity contribution < 1.29 is 4.79 Å². The van der Waals surface area contributed by atoms with Crippen molar-refractivity contribution in [3.05, 3.63) is 78.1 Å². The minimum absolute atomic E-state index is 0.324. The van der Waals surface area contributed by atoms with Crippen LogP contribution in [0.4, 0.5) is 0 Å². The second-order valence-electron chi connectivity index (χ2n) is 6.36. The Morgan fingerprint density at radius 2 is 2.11 bits per heavy atom. The summed E-state index contributed by atoms with van der Waals surface area (Å²) in [6.45, 7) is 0. The lowest BCUT2D eigenvalue weighted by Gasteiger charge is -2.09. The van der Waals surface area contributed by atoms with Gasteiger partial charge >= 0.3 is 0 Å². The number of nitrogens with two attached hydrogens (primary N) is 1. The first-order chi connectivity index (χ1) is 13.2. The molecule has 6 nitrogen and oxygen atoms in total. The first kappa shape index (κ1) is 16.9. The third-order valence-corrected chi connectivity index (χ3v) is 4.47. The zero-order chi connectivity index (χ0) is 18.6. The highest BCUT2D eigenvalue weighted by Gasteiger charge is 2.15. The number of benzene rings is 2. The van der Waals surface area contributed by atoms with E-state index in [2.05, 4.69) is 20.5 Å². The van der Waals surface area contributed by atoms with E-state index in [4.69, 9.17) is 5.73 Å². The van der Waals surface area contributed by atoms with E-state index in [1.54, 1.807) is 12.4 Å². The van der Waals surface area contributed by atoms with Gasteiger partial charge in [0.15, 0.2) is 0 Å². The third kappa shape index (κ3) is 3.70. The number of hydrogen-bond donors (Lipinski definition) is 3. The van der Waals surface area contributed by atoms with E-state index < -0.39 is 6.04 Å². The van der Waals surface area contributed by atoms with Crippen molar-refractivity contribution in [3.63, 3.8) is 0 Å². The maximum absolute atomic E-state index is 12.2. The molecule has 0 aliphatic carbocycles. The highest BCUT2D eigenvalue weighted by molar-refractivity contribution is 5.90. The summed E-state index contributed by atoms with van der Waals surface area (Å²) >= 11 is 0. The Hall–Kier alpha value is -3.51. The van der Waals surface area contributed by atoms with Gasteiger partial charge in [0.05, 0.1) is 17.8 Å². The molecule has 0 aliphatic heterocycles. The fourth-order valence-electron chi connectivity index (χ4n) is 3.05. The van der Waals surface area contributed by atoms with Crippen molar-refractivity contribution in [1.82, 2.24) is 15.4 Å². The Kier molecular flexibility index (Phi) is 4.63. The lowest BCUT2D eigenvalue weighted by Crippen LogP contribution is -2.39. The SMILES string of the molecule is N[C@H](Cc1c[nH]c2ccccc12)C(=O)N/N=C/c1ccc2cccnc2c1. The van der Waals surface area contributed by atoms with Crippen molar-refractivity contribution in [3.8, 4) is 0 Å². The molecular formula is C21H19N5O. The average molecular weight is 357 g/mol. The number of aromatic amines is 1. The number of nitrogens with zero attached hydrogens (tertiary/aromatic N) is 2. The molecular weight excluding hydrogens is 338 g/mol. The van der Waals surface area contributed by atoms with Gasteiger partial charge in [-0.3, -0.25) is 9.78 Å². The largest absolute Gasteiger partial charge is 0.361 e. The second kappa shape index (κ2) is 7.39. The van der Waals surface area contributed by atoms with E-state index >= 15 is 0 Å². The number of fused-ring (bicyclic) bond motifs is 2. The lowest BCUT2D eigenvalue weighted by molar-refractivity contribution is -0.122. The molecule has 0 fully saturated rings. The van der Waals surface area contributed by atoms with Gasteiger partial charge in [0, 0.05) is 28.7 Å². The molecule has 1 atom stereocenters. The smallest absolute Gasteiger partial charge is 0.257 e. The Morgan fingerprint density at radius 3 is 3.04 bits per heavy atom. The number of hydrazone groups is 1. The van der Waals surface area contributed by atoms with Crippen molar-refractivity contribution in [2.75, 3.05) is 0 Å². The lowest BCUT2D eigenvalue weighted by atomic mass is 10.1. The molecule has 4 N–H and O–H groups in total. The van der Waals surface area contributed by atoms with E-state index in [0.29, 0.717) is 6.42 Å². The third-order valence-electron chi connectivity index (χ3n) is 4.47. The monoisotopic (exact) mass is 357 g/mol. The van der Waals surface area contributed by atoms with Gasteiger partial charge in [-0.05, 0) is 35.7 Å². The summed E-state index contributed by atoms with van der Waals surface area (Å²) in [5.74, 6) is -0.324. The summed E-state index contributed by atoms with van der Waals surface area (Å²) in [6.07, 6.45) is 5.66. The Balaban J connectivity index is 1.39. The zero-order valence-corrected chi connectivity index (χ0v) is 14.6.